The molecule has 22 heavy (non-hydrogen) atoms. The van der Waals surface area contributed by atoms with E-state index in [0.717, 1.165) is 0 Å². The third-order valence-electron chi connectivity index (χ3n) is 3.14. The van der Waals surface area contributed by atoms with E-state index in [1.807, 2.05) is 6.07 Å². The van der Waals surface area contributed by atoms with Gasteiger partial charge in [0.15, 0.2) is 0 Å². The summed E-state index contributed by atoms with van der Waals surface area (Å²) >= 11 is 0. The van der Waals surface area contributed by atoms with Crippen LogP contribution in [0, 0.1) is 11.3 Å². The number of rotatable bonds is 5. The predicted molar refractivity (Wildman–Crippen MR) is 80.2 cm³/mol. The molecule has 2 aromatic rings. The molecule has 1 amide bonds. The molecular weight excluding hydrogens is 280 g/mol. The average molecular weight is 294 g/mol. The van der Waals surface area contributed by atoms with Gasteiger partial charge in [-0.3, -0.25) is 4.79 Å². The van der Waals surface area contributed by atoms with Gasteiger partial charge in [0.25, 0.3) is 5.91 Å². The fourth-order valence-corrected chi connectivity index (χ4v) is 2.03. The molecular formula is C17H14N2O3. The van der Waals surface area contributed by atoms with Crippen LogP contribution in [0.15, 0.2) is 54.6 Å². The lowest BCUT2D eigenvalue weighted by Gasteiger charge is -2.14. The van der Waals surface area contributed by atoms with Crippen LogP contribution in [-0.2, 0) is 11.2 Å². The number of nitriles is 1. The Kier molecular flexibility index (Phi) is 4.89. The average Bonchev–Trinajstić information content (AvgIpc) is 2.55. The highest BCUT2D eigenvalue weighted by Crippen LogP contribution is 2.08. The van der Waals surface area contributed by atoms with E-state index in [2.05, 4.69) is 5.32 Å². The van der Waals surface area contributed by atoms with Crippen LogP contribution in [0.5, 0.6) is 0 Å². The molecule has 0 unspecified atom stereocenters. The van der Waals surface area contributed by atoms with Gasteiger partial charge in [-0.25, -0.2) is 4.79 Å². The number of benzene rings is 2. The molecule has 0 aliphatic rings. The molecule has 1 atom stereocenters. The van der Waals surface area contributed by atoms with Gasteiger partial charge in [-0.2, -0.15) is 5.26 Å². The van der Waals surface area contributed by atoms with E-state index in [-0.39, 0.29) is 6.42 Å². The van der Waals surface area contributed by atoms with E-state index >= 15 is 0 Å². The highest BCUT2D eigenvalue weighted by atomic mass is 16.4. The molecule has 0 bridgehead atoms. The number of carboxylic acid groups (broad SMARTS) is 1. The summed E-state index contributed by atoms with van der Waals surface area (Å²) < 4.78 is 0. The third kappa shape index (κ3) is 3.93. The second-order valence-electron chi connectivity index (χ2n) is 4.75. The molecule has 0 saturated heterocycles. The van der Waals surface area contributed by atoms with Crippen molar-refractivity contribution in [2.24, 2.45) is 0 Å². The molecule has 0 aliphatic carbocycles. The van der Waals surface area contributed by atoms with Crippen molar-refractivity contribution in [1.82, 2.24) is 5.32 Å². The van der Waals surface area contributed by atoms with Crippen LogP contribution >= 0.6 is 0 Å². The zero-order valence-corrected chi connectivity index (χ0v) is 11.7. The van der Waals surface area contributed by atoms with Crippen LogP contribution in [0.2, 0.25) is 0 Å². The molecule has 0 heterocycles. The maximum Gasteiger partial charge on any atom is 0.326 e. The molecule has 0 aromatic heterocycles. The molecule has 0 radical (unpaired) electrons. The number of aliphatic carboxylic acids is 1. The third-order valence-corrected chi connectivity index (χ3v) is 3.14. The van der Waals surface area contributed by atoms with Crippen LogP contribution in [0.25, 0.3) is 0 Å². The first-order chi connectivity index (χ1) is 10.6. The standard InChI is InChI=1S/C17H14N2O3/c18-11-13-6-4-5-12(9-13)10-15(17(21)22)19-16(20)14-7-2-1-3-8-14/h1-9,15H,10H2,(H,19,20)(H,21,22)/t15-/m0/s1. The summed E-state index contributed by atoms with van der Waals surface area (Å²) in [6.45, 7) is 0. The lowest BCUT2D eigenvalue weighted by atomic mass is 10.0. The molecule has 5 nitrogen and oxygen atoms in total. The Labute approximate surface area is 127 Å². The van der Waals surface area contributed by atoms with Crippen LogP contribution in [0.1, 0.15) is 21.5 Å². The van der Waals surface area contributed by atoms with E-state index in [1.165, 1.54) is 0 Å². The molecule has 110 valence electrons. The quantitative estimate of drug-likeness (QED) is 0.882. The van der Waals surface area contributed by atoms with Crippen LogP contribution in [-0.4, -0.2) is 23.0 Å². The van der Waals surface area contributed by atoms with Gasteiger partial charge in [-0.15, -0.1) is 0 Å². The second-order valence-corrected chi connectivity index (χ2v) is 4.75. The lowest BCUT2D eigenvalue weighted by molar-refractivity contribution is -0.139. The van der Waals surface area contributed by atoms with E-state index in [4.69, 9.17) is 5.26 Å². The fourth-order valence-electron chi connectivity index (χ4n) is 2.03. The van der Waals surface area contributed by atoms with Crippen LogP contribution in [0.3, 0.4) is 0 Å². The number of carbonyl (C=O) groups excluding carboxylic acids is 1. The van der Waals surface area contributed by atoms with E-state index in [0.29, 0.717) is 16.7 Å². The minimum Gasteiger partial charge on any atom is -0.480 e. The SMILES string of the molecule is N#Cc1cccc(C[C@H](NC(=O)c2ccccc2)C(=O)O)c1. The number of nitrogens with zero attached hydrogens (tertiary/aromatic N) is 1. The Morgan fingerprint density at radius 3 is 2.50 bits per heavy atom. The molecule has 0 fully saturated rings. The van der Waals surface area contributed by atoms with E-state index in [1.54, 1.807) is 54.6 Å². The zero-order chi connectivity index (χ0) is 15.9. The van der Waals surface area contributed by atoms with Gasteiger partial charge in [0.2, 0.25) is 0 Å². The van der Waals surface area contributed by atoms with Crippen molar-refractivity contribution in [3.8, 4) is 6.07 Å². The molecule has 5 heteroatoms. The van der Waals surface area contributed by atoms with Gasteiger partial charge in [0, 0.05) is 12.0 Å². The predicted octanol–water partition coefficient (Wildman–Crippen LogP) is 1.98. The Balaban J connectivity index is 2.12. The van der Waals surface area contributed by atoms with E-state index < -0.39 is 17.9 Å². The van der Waals surface area contributed by atoms with Gasteiger partial charge >= 0.3 is 5.97 Å². The first-order valence-corrected chi connectivity index (χ1v) is 6.68. The largest absolute Gasteiger partial charge is 0.480 e. The van der Waals surface area contributed by atoms with Crippen molar-refractivity contribution in [2.45, 2.75) is 12.5 Å². The summed E-state index contributed by atoms with van der Waals surface area (Å²) in [5.74, 6) is -1.56. The van der Waals surface area contributed by atoms with Crippen LogP contribution < -0.4 is 5.32 Å². The number of hydrogen-bond acceptors (Lipinski definition) is 3. The molecule has 2 N–H and O–H groups in total. The Morgan fingerprint density at radius 2 is 1.86 bits per heavy atom. The summed E-state index contributed by atoms with van der Waals surface area (Å²) in [7, 11) is 0. The van der Waals surface area contributed by atoms with Crippen molar-refractivity contribution >= 4 is 11.9 Å². The Morgan fingerprint density at radius 1 is 1.14 bits per heavy atom. The number of carboxylic acids is 1. The van der Waals surface area contributed by atoms with E-state index in [9.17, 15) is 14.7 Å². The van der Waals surface area contributed by atoms with Gasteiger partial charge in [-0.05, 0) is 29.8 Å². The molecule has 2 rings (SSSR count). The van der Waals surface area contributed by atoms with Crippen molar-refractivity contribution in [3.05, 3.63) is 71.3 Å². The maximum absolute atomic E-state index is 12.0. The summed E-state index contributed by atoms with van der Waals surface area (Å²) in [5.41, 5.74) is 1.54. The molecule has 2 aromatic carbocycles. The number of hydrogen-bond donors (Lipinski definition) is 2. The second kappa shape index (κ2) is 7.04. The smallest absolute Gasteiger partial charge is 0.326 e. The van der Waals surface area contributed by atoms with Gasteiger partial charge in [0.05, 0.1) is 11.6 Å². The number of nitrogens with one attached hydrogen (secondary N) is 1. The summed E-state index contributed by atoms with van der Waals surface area (Å²) in [5, 5.41) is 20.6. The highest BCUT2D eigenvalue weighted by molar-refractivity contribution is 5.96. The molecule has 0 saturated carbocycles. The van der Waals surface area contributed by atoms with Crippen molar-refractivity contribution in [3.63, 3.8) is 0 Å². The van der Waals surface area contributed by atoms with Crippen LogP contribution in [0.4, 0.5) is 0 Å². The van der Waals surface area contributed by atoms with Crippen molar-refractivity contribution < 1.29 is 14.7 Å². The highest BCUT2D eigenvalue weighted by Gasteiger charge is 2.21. The van der Waals surface area contributed by atoms with Crippen molar-refractivity contribution in [1.29, 1.82) is 5.26 Å². The minimum atomic E-state index is -1.12. The van der Waals surface area contributed by atoms with Gasteiger partial charge in [-0.1, -0.05) is 30.3 Å². The minimum absolute atomic E-state index is 0.115. The lowest BCUT2D eigenvalue weighted by Crippen LogP contribution is -2.42. The van der Waals surface area contributed by atoms with Gasteiger partial charge in [0.1, 0.15) is 6.04 Å². The Hall–Kier alpha value is -3.13. The fraction of sp³-hybridized carbons (Fsp3) is 0.118. The summed E-state index contributed by atoms with van der Waals surface area (Å²) in [6.07, 6.45) is 0.115. The molecule has 0 spiro atoms. The first kappa shape index (κ1) is 15.3. The maximum atomic E-state index is 12.0. The van der Waals surface area contributed by atoms with Gasteiger partial charge < -0.3 is 10.4 Å². The number of amides is 1. The topological polar surface area (TPSA) is 90.2 Å². The number of carbonyl (C=O) groups is 2. The zero-order valence-electron chi connectivity index (χ0n) is 11.7. The van der Waals surface area contributed by atoms with Crippen molar-refractivity contribution in [2.75, 3.05) is 0 Å². The summed E-state index contributed by atoms with van der Waals surface area (Å²) in [4.78, 5) is 23.4. The molecule has 0 aliphatic heterocycles. The Bertz CT molecular complexity index is 720. The monoisotopic (exact) mass is 294 g/mol. The first-order valence-electron chi connectivity index (χ1n) is 6.68. The normalized spacial score (nSPS) is 11.2. The summed E-state index contributed by atoms with van der Waals surface area (Å²) in [6, 6.07) is 16.0.